The third-order valence-corrected chi connectivity index (χ3v) is 5.59. The van der Waals surface area contributed by atoms with Crippen molar-refractivity contribution in [3.05, 3.63) is 64.7 Å². The molecule has 26 heavy (non-hydrogen) atoms. The van der Waals surface area contributed by atoms with Crippen LogP contribution in [0.25, 0.3) is 11.6 Å². The molecule has 2 aromatic rings. The van der Waals surface area contributed by atoms with E-state index in [2.05, 4.69) is 57.7 Å². The van der Waals surface area contributed by atoms with E-state index in [1.165, 1.54) is 16.8 Å². The van der Waals surface area contributed by atoms with E-state index in [0.29, 0.717) is 11.5 Å². The highest BCUT2D eigenvalue weighted by Crippen LogP contribution is 2.44. The molecular formula is C24H28N2. The molecule has 3 rings (SSSR count). The number of fused-ring (bicyclic) bond motifs is 1. The maximum absolute atomic E-state index is 9.64. The normalized spacial score (nSPS) is 19.0. The Labute approximate surface area is 157 Å². The Hall–Kier alpha value is -2.53. The second-order valence-electron chi connectivity index (χ2n) is 7.97. The van der Waals surface area contributed by atoms with Gasteiger partial charge in [0, 0.05) is 17.8 Å². The van der Waals surface area contributed by atoms with Gasteiger partial charge in [0.1, 0.15) is 0 Å². The Kier molecular flexibility index (Phi) is 4.92. The molecule has 0 aromatic heterocycles. The van der Waals surface area contributed by atoms with Crippen molar-refractivity contribution in [3.63, 3.8) is 0 Å². The molecule has 0 spiro atoms. The van der Waals surface area contributed by atoms with E-state index < -0.39 is 0 Å². The van der Waals surface area contributed by atoms with Gasteiger partial charge in [-0.05, 0) is 80.5 Å². The molecule has 0 unspecified atom stereocenters. The first-order chi connectivity index (χ1) is 12.4. The van der Waals surface area contributed by atoms with Gasteiger partial charge in [-0.1, -0.05) is 37.3 Å². The second-order valence-corrected chi connectivity index (χ2v) is 7.97. The van der Waals surface area contributed by atoms with Crippen LogP contribution in [-0.2, 0) is 0 Å². The maximum Gasteiger partial charge on any atom is 0.0998 e. The number of nitrogens with zero attached hydrogens (tertiary/aromatic N) is 2. The predicted octanol–water partition coefficient (Wildman–Crippen LogP) is 6.17. The first-order valence-electron chi connectivity index (χ1n) is 9.46. The van der Waals surface area contributed by atoms with E-state index in [9.17, 15) is 5.26 Å². The van der Waals surface area contributed by atoms with Crippen LogP contribution in [0.5, 0.6) is 0 Å². The minimum absolute atomic E-state index is 0.173. The molecule has 0 radical (unpaired) electrons. The number of nitriles is 1. The van der Waals surface area contributed by atoms with Gasteiger partial charge in [0.15, 0.2) is 0 Å². The number of hydrogen-bond donors (Lipinski definition) is 0. The topological polar surface area (TPSA) is 27.0 Å². The molecule has 134 valence electrons. The second kappa shape index (κ2) is 7.00. The third kappa shape index (κ3) is 3.27. The van der Waals surface area contributed by atoms with Crippen molar-refractivity contribution in [2.45, 2.75) is 52.5 Å². The van der Waals surface area contributed by atoms with Gasteiger partial charge in [0.2, 0.25) is 0 Å². The minimum Gasteiger partial charge on any atom is -0.366 e. The van der Waals surface area contributed by atoms with Crippen molar-refractivity contribution in [2.24, 2.45) is 0 Å². The van der Waals surface area contributed by atoms with Crippen LogP contribution >= 0.6 is 0 Å². The van der Waals surface area contributed by atoms with Gasteiger partial charge in [-0.3, -0.25) is 0 Å². The van der Waals surface area contributed by atoms with Crippen LogP contribution in [0.2, 0.25) is 0 Å². The molecule has 1 heterocycles. The highest BCUT2D eigenvalue weighted by Gasteiger charge is 2.35. The lowest BCUT2D eigenvalue weighted by molar-refractivity contribution is 0.381. The first-order valence-corrected chi connectivity index (χ1v) is 9.46. The zero-order valence-electron chi connectivity index (χ0n) is 16.5. The monoisotopic (exact) mass is 344 g/mol. The molecule has 0 fully saturated rings. The summed E-state index contributed by atoms with van der Waals surface area (Å²) in [6.45, 7) is 12.4. The lowest BCUT2D eigenvalue weighted by Crippen LogP contribution is -2.48. The zero-order valence-corrected chi connectivity index (χ0v) is 16.5. The molecule has 1 atom stereocenters. The number of benzene rings is 2. The molecule has 2 heteroatoms. The SMILES string of the molecule is CCN1c2cc(C)c(/C=C(\C#N)c3ccccc3)cc2[C@H](C)CC1(C)C. The summed E-state index contributed by atoms with van der Waals surface area (Å²) in [5.74, 6) is 0.512. The van der Waals surface area contributed by atoms with Crippen LogP contribution in [0.3, 0.4) is 0 Å². The fourth-order valence-electron chi connectivity index (χ4n) is 4.36. The summed E-state index contributed by atoms with van der Waals surface area (Å²) in [6.07, 6.45) is 3.18. The molecular weight excluding hydrogens is 316 g/mol. The van der Waals surface area contributed by atoms with Crippen molar-refractivity contribution < 1.29 is 0 Å². The van der Waals surface area contributed by atoms with Crippen LogP contribution < -0.4 is 4.90 Å². The van der Waals surface area contributed by atoms with Crippen LogP contribution in [0.1, 0.15) is 62.3 Å². The van der Waals surface area contributed by atoms with Crippen LogP contribution in [0.15, 0.2) is 42.5 Å². The van der Waals surface area contributed by atoms with Crippen molar-refractivity contribution in [1.29, 1.82) is 5.26 Å². The van der Waals surface area contributed by atoms with Crippen molar-refractivity contribution in [1.82, 2.24) is 0 Å². The van der Waals surface area contributed by atoms with Crippen molar-refractivity contribution in [3.8, 4) is 6.07 Å². The summed E-state index contributed by atoms with van der Waals surface area (Å²) in [5, 5.41) is 9.64. The molecule has 0 aliphatic carbocycles. The lowest BCUT2D eigenvalue weighted by Gasteiger charge is -2.47. The average molecular weight is 345 g/mol. The van der Waals surface area contributed by atoms with Crippen molar-refractivity contribution in [2.75, 3.05) is 11.4 Å². The van der Waals surface area contributed by atoms with Crippen LogP contribution in [0.4, 0.5) is 5.69 Å². The number of aryl methyl sites for hydroxylation is 1. The molecule has 0 N–H and O–H groups in total. The first kappa shape index (κ1) is 18.3. The molecule has 0 bridgehead atoms. The number of rotatable bonds is 3. The number of anilines is 1. The van der Waals surface area contributed by atoms with Gasteiger partial charge in [-0.25, -0.2) is 0 Å². The van der Waals surface area contributed by atoms with Gasteiger partial charge in [-0.2, -0.15) is 5.26 Å². The number of hydrogen-bond acceptors (Lipinski definition) is 2. The smallest absolute Gasteiger partial charge is 0.0998 e. The summed E-state index contributed by atoms with van der Waals surface area (Å²) >= 11 is 0. The van der Waals surface area contributed by atoms with Crippen LogP contribution in [0, 0.1) is 18.3 Å². The quantitative estimate of drug-likeness (QED) is 0.491. The van der Waals surface area contributed by atoms with Crippen LogP contribution in [-0.4, -0.2) is 12.1 Å². The molecule has 0 amide bonds. The number of allylic oxidation sites excluding steroid dienone is 1. The third-order valence-electron chi connectivity index (χ3n) is 5.59. The van der Waals surface area contributed by atoms with E-state index in [4.69, 9.17) is 0 Å². The summed E-state index contributed by atoms with van der Waals surface area (Å²) in [5.41, 5.74) is 6.97. The largest absolute Gasteiger partial charge is 0.366 e. The van der Waals surface area contributed by atoms with E-state index in [-0.39, 0.29) is 5.54 Å². The zero-order chi connectivity index (χ0) is 18.9. The Morgan fingerprint density at radius 1 is 1.27 bits per heavy atom. The predicted molar refractivity (Wildman–Crippen MR) is 111 cm³/mol. The maximum atomic E-state index is 9.64. The van der Waals surface area contributed by atoms with E-state index in [1.807, 2.05) is 36.4 Å². The Balaban J connectivity index is 2.11. The summed E-state index contributed by atoms with van der Waals surface area (Å²) in [7, 11) is 0. The fourth-order valence-corrected chi connectivity index (χ4v) is 4.36. The molecule has 1 aliphatic rings. The van der Waals surface area contributed by atoms with E-state index in [1.54, 1.807) is 0 Å². The van der Waals surface area contributed by atoms with Gasteiger partial charge >= 0.3 is 0 Å². The Morgan fingerprint density at radius 3 is 2.58 bits per heavy atom. The highest BCUT2D eigenvalue weighted by atomic mass is 15.2. The molecule has 0 saturated carbocycles. The summed E-state index contributed by atoms with van der Waals surface area (Å²) < 4.78 is 0. The minimum atomic E-state index is 0.173. The molecule has 2 nitrogen and oxygen atoms in total. The average Bonchev–Trinajstić information content (AvgIpc) is 2.60. The van der Waals surface area contributed by atoms with Crippen molar-refractivity contribution >= 4 is 17.3 Å². The highest BCUT2D eigenvalue weighted by molar-refractivity contribution is 5.90. The van der Waals surface area contributed by atoms with Gasteiger partial charge < -0.3 is 4.90 Å². The molecule has 0 saturated heterocycles. The van der Waals surface area contributed by atoms with Gasteiger partial charge in [0.05, 0.1) is 11.6 Å². The Bertz CT molecular complexity index is 869. The standard InChI is InChI=1S/C24H28N2/c1-6-26-23-12-17(2)20(14-22(23)18(3)15-24(26,4)5)13-21(16-25)19-10-8-7-9-11-19/h7-14,18H,6,15H2,1-5H3/b21-13+/t18-/m1/s1. The van der Waals surface area contributed by atoms with Gasteiger partial charge in [0.25, 0.3) is 0 Å². The summed E-state index contributed by atoms with van der Waals surface area (Å²) in [4.78, 5) is 2.52. The van der Waals surface area contributed by atoms with Gasteiger partial charge in [-0.15, -0.1) is 0 Å². The molecule has 2 aromatic carbocycles. The fraction of sp³-hybridized carbons (Fsp3) is 0.375. The lowest BCUT2D eigenvalue weighted by atomic mass is 9.79. The summed E-state index contributed by atoms with van der Waals surface area (Å²) in [6, 6.07) is 16.9. The molecule has 1 aliphatic heterocycles. The van der Waals surface area contributed by atoms with E-state index >= 15 is 0 Å². The Morgan fingerprint density at radius 2 is 1.96 bits per heavy atom. The van der Waals surface area contributed by atoms with E-state index in [0.717, 1.165) is 24.1 Å².